The molecule has 1 aromatic rings. The third-order valence-electron chi connectivity index (χ3n) is 3.30. The molecule has 0 bridgehead atoms. The van der Waals surface area contributed by atoms with Crippen molar-refractivity contribution in [2.45, 2.75) is 26.2 Å². The summed E-state index contributed by atoms with van der Waals surface area (Å²) in [5.41, 5.74) is 1.82. The molecule has 1 aliphatic rings. The topological polar surface area (TPSA) is 29.1 Å². The molecule has 2 rings (SSSR count). The van der Waals surface area contributed by atoms with Gasteiger partial charge in [0.1, 0.15) is 0 Å². The Kier molecular flexibility index (Phi) is 4.59. The zero-order chi connectivity index (χ0) is 13.0. The number of rotatable bonds is 3. The van der Waals surface area contributed by atoms with Crippen LogP contribution < -0.4 is 5.32 Å². The van der Waals surface area contributed by atoms with Gasteiger partial charge in [-0.25, -0.2) is 0 Å². The van der Waals surface area contributed by atoms with Crippen LogP contribution in [0, 0.1) is 12.8 Å². The molecule has 0 saturated carbocycles. The summed E-state index contributed by atoms with van der Waals surface area (Å²) in [6.45, 7) is 2.76. The molecule has 1 aliphatic carbocycles. The molecule has 0 fully saturated rings. The van der Waals surface area contributed by atoms with Gasteiger partial charge in [-0.05, 0) is 60.2 Å². The van der Waals surface area contributed by atoms with Crippen LogP contribution in [-0.2, 0) is 0 Å². The number of carbonyl (C=O) groups is 1. The zero-order valence-corrected chi connectivity index (χ0v) is 12.2. The van der Waals surface area contributed by atoms with Gasteiger partial charge in [0.25, 0.3) is 5.91 Å². The van der Waals surface area contributed by atoms with Crippen molar-refractivity contribution in [3.8, 4) is 0 Å². The van der Waals surface area contributed by atoms with Gasteiger partial charge in [-0.3, -0.25) is 4.79 Å². The van der Waals surface area contributed by atoms with Crippen LogP contribution in [0.5, 0.6) is 0 Å². The fourth-order valence-electron chi connectivity index (χ4n) is 2.19. The Balaban J connectivity index is 1.95. The first-order chi connectivity index (χ1) is 8.66. The van der Waals surface area contributed by atoms with E-state index in [1.165, 1.54) is 6.42 Å². The second-order valence-corrected chi connectivity index (χ2v) is 5.70. The Morgan fingerprint density at radius 3 is 3.00 bits per heavy atom. The van der Waals surface area contributed by atoms with Crippen molar-refractivity contribution in [1.29, 1.82) is 0 Å². The molecule has 1 N–H and O–H groups in total. The molecule has 2 nitrogen and oxygen atoms in total. The standard InChI is InChI=1S/C15H18BrNO/c1-11-7-8-14(16)13(9-11)15(18)17-10-12-5-3-2-4-6-12/h2-3,7-9,12H,4-6,10H2,1H3,(H,17,18). The summed E-state index contributed by atoms with van der Waals surface area (Å²) in [7, 11) is 0. The van der Waals surface area contributed by atoms with Crippen LogP contribution in [0.3, 0.4) is 0 Å². The van der Waals surface area contributed by atoms with Crippen molar-refractivity contribution >= 4 is 21.8 Å². The molecule has 96 valence electrons. The van der Waals surface area contributed by atoms with E-state index in [0.29, 0.717) is 5.92 Å². The number of hydrogen-bond acceptors (Lipinski definition) is 1. The van der Waals surface area contributed by atoms with E-state index in [-0.39, 0.29) is 5.91 Å². The fraction of sp³-hybridized carbons (Fsp3) is 0.400. The van der Waals surface area contributed by atoms with Gasteiger partial charge in [-0.15, -0.1) is 0 Å². The summed E-state index contributed by atoms with van der Waals surface area (Å²) in [5.74, 6) is 0.600. The van der Waals surface area contributed by atoms with Crippen molar-refractivity contribution in [3.63, 3.8) is 0 Å². The Bertz CT molecular complexity index is 468. The van der Waals surface area contributed by atoms with Gasteiger partial charge in [-0.2, -0.15) is 0 Å². The molecule has 1 unspecified atom stereocenters. The maximum absolute atomic E-state index is 12.1. The van der Waals surface area contributed by atoms with Gasteiger partial charge in [0.15, 0.2) is 0 Å². The molecular weight excluding hydrogens is 290 g/mol. The summed E-state index contributed by atoms with van der Waals surface area (Å²) in [4.78, 5) is 12.1. The molecule has 1 amide bonds. The number of allylic oxidation sites excluding steroid dienone is 2. The Morgan fingerprint density at radius 2 is 2.28 bits per heavy atom. The molecule has 0 heterocycles. The van der Waals surface area contributed by atoms with Crippen LogP contribution in [0.4, 0.5) is 0 Å². The first-order valence-electron chi connectivity index (χ1n) is 6.36. The smallest absolute Gasteiger partial charge is 0.252 e. The van der Waals surface area contributed by atoms with E-state index < -0.39 is 0 Å². The minimum absolute atomic E-state index is 0.0140. The number of hydrogen-bond donors (Lipinski definition) is 1. The number of aryl methyl sites for hydroxylation is 1. The van der Waals surface area contributed by atoms with Crippen LogP contribution in [0.15, 0.2) is 34.8 Å². The Hall–Kier alpha value is -1.09. The highest BCUT2D eigenvalue weighted by molar-refractivity contribution is 9.10. The average Bonchev–Trinajstić information content (AvgIpc) is 2.40. The van der Waals surface area contributed by atoms with E-state index in [4.69, 9.17) is 0 Å². The van der Waals surface area contributed by atoms with E-state index in [9.17, 15) is 4.79 Å². The van der Waals surface area contributed by atoms with Crippen molar-refractivity contribution in [3.05, 3.63) is 46.0 Å². The second-order valence-electron chi connectivity index (χ2n) is 4.84. The number of amides is 1. The van der Waals surface area contributed by atoms with Crippen LogP contribution in [0.25, 0.3) is 0 Å². The van der Waals surface area contributed by atoms with Gasteiger partial charge in [0, 0.05) is 11.0 Å². The predicted molar refractivity (Wildman–Crippen MR) is 77.7 cm³/mol. The summed E-state index contributed by atoms with van der Waals surface area (Å²) in [6, 6.07) is 5.83. The minimum Gasteiger partial charge on any atom is -0.352 e. The summed E-state index contributed by atoms with van der Waals surface area (Å²) in [6.07, 6.45) is 7.81. The normalized spacial score (nSPS) is 18.7. The molecule has 3 heteroatoms. The quantitative estimate of drug-likeness (QED) is 0.845. The van der Waals surface area contributed by atoms with Crippen LogP contribution >= 0.6 is 15.9 Å². The molecule has 0 aromatic heterocycles. The van der Waals surface area contributed by atoms with Crippen molar-refractivity contribution in [2.75, 3.05) is 6.54 Å². The third-order valence-corrected chi connectivity index (χ3v) is 3.99. The maximum Gasteiger partial charge on any atom is 0.252 e. The third kappa shape index (κ3) is 3.45. The van der Waals surface area contributed by atoms with E-state index in [1.54, 1.807) is 0 Å². The van der Waals surface area contributed by atoms with Gasteiger partial charge < -0.3 is 5.32 Å². The van der Waals surface area contributed by atoms with Crippen LogP contribution in [0.1, 0.15) is 35.2 Å². The first-order valence-corrected chi connectivity index (χ1v) is 7.15. The number of benzene rings is 1. The molecule has 0 aliphatic heterocycles. The minimum atomic E-state index is 0.0140. The van der Waals surface area contributed by atoms with Gasteiger partial charge in [-0.1, -0.05) is 23.8 Å². The van der Waals surface area contributed by atoms with E-state index in [1.807, 2.05) is 25.1 Å². The van der Waals surface area contributed by atoms with E-state index in [2.05, 4.69) is 33.4 Å². The van der Waals surface area contributed by atoms with Crippen molar-refractivity contribution in [2.24, 2.45) is 5.92 Å². The van der Waals surface area contributed by atoms with Gasteiger partial charge in [0.05, 0.1) is 5.56 Å². The van der Waals surface area contributed by atoms with Crippen LogP contribution in [-0.4, -0.2) is 12.5 Å². The summed E-state index contributed by atoms with van der Waals surface area (Å²) >= 11 is 3.43. The predicted octanol–water partition coefficient (Wildman–Crippen LogP) is 3.84. The molecule has 1 atom stereocenters. The number of carbonyl (C=O) groups excluding carboxylic acids is 1. The monoisotopic (exact) mass is 307 g/mol. The fourth-order valence-corrected chi connectivity index (χ4v) is 2.61. The molecule has 1 aromatic carbocycles. The highest BCUT2D eigenvalue weighted by atomic mass is 79.9. The van der Waals surface area contributed by atoms with E-state index in [0.717, 1.165) is 35.0 Å². The van der Waals surface area contributed by atoms with Gasteiger partial charge in [0.2, 0.25) is 0 Å². The molecular formula is C15H18BrNO. The lowest BCUT2D eigenvalue weighted by molar-refractivity contribution is 0.0945. The average molecular weight is 308 g/mol. The number of nitrogens with one attached hydrogen (secondary N) is 1. The van der Waals surface area contributed by atoms with Crippen LogP contribution in [0.2, 0.25) is 0 Å². The van der Waals surface area contributed by atoms with E-state index >= 15 is 0 Å². The summed E-state index contributed by atoms with van der Waals surface area (Å²) < 4.78 is 0.856. The molecule has 0 saturated heterocycles. The Labute approximate surface area is 117 Å². The SMILES string of the molecule is Cc1ccc(Br)c(C(=O)NCC2CC=CCC2)c1. The highest BCUT2D eigenvalue weighted by Crippen LogP contribution is 2.19. The highest BCUT2D eigenvalue weighted by Gasteiger charge is 2.14. The van der Waals surface area contributed by atoms with Crippen molar-refractivity contribution in [1.82, 2.24) is 5.32 Å². The lowest BCUT2D eigenvalue weighted by Gasteiger charge is -2.18. The first kappa shape index (κ1) is 13.3. The number of halogens is 1. The molecule has 18 heavy (non-hydrogen) atoms. The van der Waals surface area contributed by atoms with Crippen molar-refractivity contribution < 1.29 is 4.79 Å². The Morgan fingerprint density at radius 1 is 1.44 bits per heavy atom. The van der Waals surface area contributed by atoms with Gasteiger partial charge >= 0.3 is 0 Å². The maximum atomic E-state index is 12.1. The lowest BCUT2D eigenvalue weighted by atomic mass is 9.94. The zero-order valence-electron chi connectivity index (χ0n) is 10.6. The largest absolute Gasteiger partial charge is 0.352 e. The second kappa shape index (κ2) is 6.19. The molecule has 0 radical (unpaired) electrons. The lowest BCUT2D eigenvalue weighted by Crippen LogP contribution is -2.30. The molecule has 0 spiro atoms. The summed E-state index contributed by atoms with van der Waals surface area (Å²) in [5, 5.41) is 3.03.